The number of hydrogen-bond donors (Lipinski definition) is 2. The molecule has 1 heterocycles. The van der Waals surface area contributed by atoms with Gasteiger partial charge in [-0.1, -0.05) is 19.9 Å². The Hall–Kier alpha value is -2.57. The molecule has 1 aromatic carbocycles. The number of nitro groups is 1. The molecule has 0 aliphatic heterocycles. The predicted octanol–water partition coefficient (Wildman–Crippen LogP) is 2.70. The molecule has 0 amide bonds. The van der Waals surface area contributed by atoms with Crippen LogP contribution in [0.25, 0.3) is 11.3 Å². The van der Waals surface area contributed by atoms with Gasteiger partial charge in [0.05, 0.1) is 17.7 Å². The number of anilines is 1. The Morgan fingerprint density at radius 2 is 2.15 bits per heavy atom. The first-order chi connectivity index (χ1) is 9.47. The number of hydrogen-bond acceptors (Lipinski definition) is 5. The molecule has 0 atom stereocenters. The van der Waals surface area contributed by atoms with Crippen LogP contribution in [0.3, 0.4) is 0 Å². The Labute approximate surface area is 115 Å². The average Bonchev–Trinajstić information content (AvgIpc) is 2.79. The maximum atomic E-state index is 11.1. The number of nitrogens with two attached hydrogens (primary N) is 1. The number of ether oxygens (including phenoxy) is 1. The molecule has 0 aliphatic carbocycles. The molecule has 3 N–H and O–H groups in total. The van der Waals surface area contributed by atoms with Gasteiger partial charge in [0.15, 0.2) is 0 Å². The fraction of sp³-hybridized carbons (Fsp3) is 0.308. The maximum Gasteiger partial charge on any atom is 0.311 e. The van der Waals surface area contributed by atoms with Crippen molar-refractivity contribution in [1.82, 2.24) is 10.2 Å². The van der Waals surface area contributed by atoms with Crippen LogP contribution in [0.1, 0.15) is 25.3 Å². The van der Waals surface area contributed by atoms with Crippen LogP contribution in [-0.4, -0.2) is 22.2 Å². The molecule has 0 saturated carbocycles. The number of benzene rings is 1. The van der Waals surface area contributed by atoms with E-state index in [1.807, 2.05) is 13.8 Å². The summed E-state index contributed by atoms with van der Waals surface area (Å²) in [5.74, 6) is 0.722. The van der Waals surface area contributed by atoms with Gasteiger partial charge in [0.1, 0.15) is 5.82 Å². The fourth-order valence-corrected chi connectivity index (χ4v) is 2.23. The zero-order chi connectivity index (χ0) is 14.9. The molecular weight excluding hydrogens is 260 g/mol. The van der Waals surface area contributed by atoms with E-state index in [4.69, 9.17) is 10.5 Å². The quantitative estimate of drug-likeness (QED) is 0.659. The van der Waals surface area contributed by atoms with Crippen molar-refractivity contribution < 1.29 is 9.66 Å². The zero-order valence-corrected chi connectivity index (χ0v) is 11.5. The third-order valence-electron chi connectivity index (χ3n) is 3.08. The van der Waals surface area contributed by atoms with E-state index in [1.165, 1.54) is 13.2 Å². The number of aromatic amines is 1. The maximum absolute atomic E-state index is 11.1. The van der Waals surface area contributed by atoms with Crippen molar-refractivity contribution in [2.45, 2.75) is 19.8 Å². The lowest BCUT2D eigenvalue weighted by Gasteiger charge is -2.11. The number of methoxy groups -OCH3 is 1. The van der Waals surface area contributed by atoms with Crippen LogP contribution in [-0.2, 0) is 0 Å². The summed E-state index contributed by atoms with van der Waals surface area (Å²) in [5, 5.41) is 17.9. The van der Waals surface area contributed by atoms with Gasteiger partial charge in [-0.2, -0.15) is 5.10 Å². The lowest BCUT2D eigenvalue weighted by Crippen LogP contribution is -1.99. The molecule has 2 rings (SSSR count). The molecular formula is C13H16N4O3. The van der Waals surface area contributed by atoms with Gasteiger partial charge in [-0.25, -0.2) is 0 Å². The van der Waals surface area contributed by atoms with Crippen LogP contribution < -0.4 is 10.5 Å². The fourth-order valence-electron chi connectivity index (χ4n) is 2.23. The van der Waals surface area contributed by atoms with Crippen molar-refractivity contribution in [2.24, 2.45) is 0 Å². The lowest BCUT2D eigenvalue weighted by molar-refractivity contribution is -0.385. The topological polar surface area (TPSA) is 107 Å². The number of nitro benzene ring substituents is 1. The Bertz CT molecular complexity index is 649. The molecule has 0 aliphatic rings. The average molecular weight is 276 g/mol. The molecule has 0 fully saturated rings. The molecule has 2 aromatic rings. The van der Waals surface area contributed by atoms with E-state index in [2.05, 4.69) is 10.2 Å². The SMILES string of the molecule is COc1c(-c2[nH]nc(N)c2C(C)C)cccc1[N+](=O)[O-]. The summed E-state index contributed by atoms with van der Waals surface area (Å²) in [6.07, 6.45) is 0. The van der Waals surface area contributed by atoms with Crippen molar-refractivity contribution >= 4 is 11.5 Å². The van der Waals surface area contributed by atoms with Gasteiger partial charge in [0.25, 0.3) is 0 Å². The number of nitrogen functional groups attached to an aromatic ring is 1. The van der Waals surface area contributed by atoms with Crippen molar-refractivity contribution in [2.75, 3.05) is 12.8 Å². The normalized spacial score (nSPS) is 10.8. The highest BCUT2D eigenvalue weighted by Crippen LogP contribution is 2.40. The zero-order valence-electron chi connectivity index (χ0n) is 11.5. The smallest absolute Gasteiger partial charge is 0.311 e. The molecule has 0 radical (unpaired) electrons. The van der Waals surface area contributed by atoms with Gasteiger partial charge in [0.2, 0.25) is 5.75 Å². The second-order valence-electron chi connectivity index (χ2n) is 4.67. The van der Waals surface area contributed by atoms with Crippen molar-refractivity contribution in [3.05, 3.63) is 33.9 Å². The van der Waals surface area contributed by atoms with E-state index in [-0.39, 0.29) is 17.4 Å². The summed E-state index contributed by atoms with van der Waals surface area (Å²) >= 11 is 0. The molecule has 106 valence electrons. The largest absolute Gasteiger partial charge is 0.490 e. The second-order valence-corrected chi connectivity index (χ2v) is 4.67. The number of H-pyrrole nitrogens is 1. The minimum atomic E-state index is -0.475. The first-order valence-electron chi connectivity index (χ1n) is 6.12. The highest BCUT2D eigenvalue weighted by atomic mass is 16.6. The van der Waals surface area contributed by atoms with Crippen LogP contribution in [0.5, 0.6) is 5.75 Å². The van der Waals surface area contributed by atoms with Gasteiger partial charge < -0.3 is 10.5 Å². The number of nitrogens with zero attached hydrogens (tertiary/aromatic N) is 2. The van der Waals surface area contributed by atoms with Gasteiger partial charge in [-0.05, 0) is 12.0 Å². The van der Waals surface area contributed by atoms with Gasteiger partial charge >= 0.3 is 5.69 Å². The van der Waals surface area contributed by atoms with Crippen LogP contribution in [0.2, 0.25) is 0 Å². The third kappa shape index (κ3) is 2.18. The van der Waals surface area contributed by atoms with Crippen molar-refractivity contribution in [1.29, 1.82) is 0 Å². The van der Waals surface area contributed by atoms with Gasteiger partial charge in [0, 0.05) is 17.2 Å². The number of aromatic nitrogens is 2. The van der Waals surface area contributed by atoms with E-state index >= 15 is 0 Å². The number of rotatable bonds is 4. The highest BCUT2D eigenvalue weighted by Gasteiger charge is 2.24. The minimum absolute atomic E-state index is 0.0899. The third-order valence-corrected chi connectivity index (χ3v) is 3.08. The van der Waals surface area contributed by atoms with Crippen molar-refractivity contribution in [3.63, 3.8) is 0 Å². The lowest BCUT2D eigenvalue weighted by atomic mass is 9.98. The summed E-state index contributed by atoms with van der Waals surface area (Å²) in [6.45, 7) is 3.96. The van der Waals surface area contributed by atoms with Gasteiger partial charge in [-0.15, -0.1) is 0 Å². The molecule has 1 aromatic heterocycles. The standard InChI is InChI=1S/C13H16N4O3/c1-7(2)10-11(15-16-13(10)14)8-5-4-6-9(17(18)19)12(8)20-3/h4-7H,1-3H3,(H3,14,15,16). The minimum Gasteiger partial charge on any atom is -0.490 e. The molecule has 0 bridgehead atoms. The molecule has 0 saturated heterocycles. The summed E-state index contributed by atoms with van der Waals surface area (Å²) in [6, 6.07) is 4.75. The predicted molar refractivity (Wildman–Crippen MR) is 75.7 cm³/mol. The summed E-state index contributed by atoms with van der Waals surface area (Å²) < 4.78 is 5.21. The summed E-state index contributed by atoms with van der Waals surface area (Å²) in [5.41, 5.74) is 7.81. The van der Waals surface area contributed by atoms with E-state index in [0.717, 1.165) is 5.56 Å². The van der Waals surface area contributed by atoms with Gasteiger partial charge in [-0.3, -0.25) is 15.2 Å². The van der Waals surface area contributed by atoms with E-state index in [9.17, 15) is 10.1 Å². The molecule has 7 heteroatoms. The first-order valence-corrected chi connectivity index (χ1v) is 6.12. The number of para-hydroxylation sites is 1. The Morgan fingerprint density at radius 1 is 1.45 bits per heavy atom. The molecule has 0 spiro atoms. The van der Waals surface area contributed by atoms with E-state index in [0.29, 0.717) is 17.1 Å². The van der Waals surface area contributed by atoms with Crippen LogP contribution in [0.15, 0.2) is 18.2 Å². The molecule has 7 nitrogen and oxygen atoms in total. The van der Waals surface area contributed by atoms with Crippen LogP contribution in [0, 0.1) is 10.1 Å². The second kappa shape index (κ2) is 5.20. The Morgan fingerprint density at radius 3 is 2.70 bits per heavy atom. The molecule has 0 unspecified atom stereocenters. The van der Waals surface area contributed by atoms with Crippen molar-refractivity contribution in [3.8, 4) is 17.0 Å². The Kier molecular flexibility index (Phi) is 3.60. The summed E-state index contributed by atoms with van der Waals surface area (Å²) in [4.78, 5) is 10.6. The highest BCUT2D eigenvalue weighted by molar-refractivity contribution is 5.77. The first kappa shape index (κ1) is 13.9. The summed E-state index contributed by atoms with van der Waals surface area (Å²) in [7, 11) is 1.40. The Balaban J connectivity index is 2.70. The van der Waals surface area contributed by atoms with E-state index in [1.54, 1.807) is 12.1 Å². The van der Waals surface area contributed by atoms with Crippen LogP contribution >= 0.6 is 0 Å². The van der Waals surface area contributed by atoms with Crippen LogP contribution in [0.4, 0.5) is 11.5 Å². The number of nitrogens with one attached hydrogen (secondary N) is 1. The van der Waals surface area contributed by atoms with E-state index < -0.39 is 4.92 Å². The molecule has 20 heavy (non-hydrogen) atoms. The monoisotopic (exact) mass is 276 g/mol.